The molecule has 17 heavy (non-hydrogen) atoms. The first-order chi connectivity index (χ1) is 8.02. The van der Waals surface area contributed by atoms with E-state index in [0.29, 0.717) is 12.5 Å². The zero-order valence-electron chi connectivity index (χ0n) is 10.9. The highest BCUT2D eigenvalue weighted by Crippen LogP contribution is 2.22. The molecule has 0 N–H and O–H groups in total. The zero-order valence-corrected chi connectivity index (χ0v) is 10.9. The Bertz CT molecular complexity index is 383. The van der Waals surface area contributed by atoms with Crippen LogP contribution in [0, 0.1) is 6.92 Å². The van der Waals surface area contributed by atoms with Crippen LogP contribution in [0.2, 0.25) is 0 Å². The summed E-state index contributed by atoms with van der Waals surface area (Å²) in [6.45, 7) is 6.69. The van der Waals surface area contributed by atoms with E-state index in [4.69, 9.17) is 4.74 Å². The summed E-state index contributed by atoms with van der Waals surface area (Å²) in [5.41, 5.74) is 2.42. The monoisotopic (exact) mass is 236 g/mol. The van der Waals surface area contributed by atoms with Crippen LogP contribution in [0.15, 0.2) is 18.2 Å². The molecule has 0 saturated heterocycles. The molecule has 1 aromatic rings. The first-order valence-corrected chi connectivity index (χ1v) is 5.84. The third-order valence-electron chi connectivity index (χ3n) is 2.54. The van der Waals surface area contributed by atoms with Crippen molar-refractivity contribution >= 4 is 5.97 Å². The fraction of sp³-hybridized carbons (Fsp3) is 0.500. The van der Waals surface area contributed by atoms with Gasteiger partial charge in [-0.1, -0.05) is 19.9 Å². The molecule has 0 aliphatic heterocycles. The van der Waals surface area contributed by atoms with Crippen molar-refractivity contribution in [1.82, 2.24) is 0 Å². The highest BCUT2D eigenvalue weighted by molar-refractivity contribution is 5.69. The van der Waals surface area contributed by atoms with E-state index in [1.807, 2.05) is 19.1 Å². The van der Waals surface area contributed by atoms with Gasteiger partial charge < -0.3 is 9.47 Å². The maximum Gasteiger partial charge on any atom is 0.308 e. The Kier molecular flexibility index (Phi) is 5.01. The van der Waals surface area contributed by atoms with E-state index in [1.165, 1.54) is 18.2 Å². The summed E-state index contributed by atoms with van der Waals surface area (Å²) in [6.07, 6.45) is 0.279. The van der Waals surface area contributed by atoms with E-state index in [2.05, 4.69) is 24.7 Å². The molecule has 0 heterocycles. The number of benzene rings is 1. The minimum absolute atomic E-state index is 0.248. The summed E-state index contributed by atoms with van der Waals surface area (Å²) >= 11 is 0. The number of ether oxygens (including phenoxy) is 2. The van der Waals surface area contributed by atoms with Crippen LogP contribution in [0.3, 0.4) is 0 Å². The second-order valence-corrected chi connectivity index (χ2v) is 4.41. The van der Waals surface area contributed by atoms with Crippen molar-refractivity contribution in [3.8, 4) is 5.75 Å². The molecule has 0 saturated carbocycles. The molecule has 94 valence electrons. The van der Waals surface area contributed by atoms with Gasteiger partial charge in [0, 0.05) is 0 Å². The van der Waals surface area contributed by atoms with E-state index in [0.717, 1.165) is 5.75 Å². The molecule has 0 aromatic heterocycles. The first kappa shape index (κ1) is 13.6. The van der Waals surface area contributed by atoms with Crippen LogP contribution in [0.5, 0.6) is 5.75 Å². The van der Waals surface area contributed by atoms with Gasteiger partial charge in [-0.25, -0.2) is 0 Å². The predicted molar refractivity (Wildman–Crippen MR) is 67.4 cm³/mol. The Morgan fingerprint density at radius 2 is 2.00 bits per heavy atom. The van der Waals surface area contributed by atoms with E-state index in [-0.39, 0.29) is 12.4 Å². The van der Waals surface area contributed by atoms with Crippen molar-refractivity contribution in [2.45, 2.75) is 33.1 Å². The first-order valence-electron chi connectivity index (χ1n) is 5.84. The van der Waals surface area contributed by atoms with Gasteiger partial charge in [0.1, 0.15) is 5.75 Å². The van der Waals surface area contributed by atoms with E-state index in [1.54, 1.807) is 0 Å². The van der Waals surface area contributed by atoms with Gasteiger partial charge in [0.15, 0.2) is 0 Å². The Morgan fingerprint density at radius 3 is 2.59 bits per heavy atom. The van der Waals surface area contributed by atoms with Crippen molar-refractivity contribution in [3.05, 3.63) is 29.3 Å². The zero-order chi connectivity index (χ0) is 12.8. The summed E-state index contributed by atoms with van der Waals surface area (Å²) in [6, 6.07) is 6.15. The molecule has 0 spiro atoms. The Morgan fingerprint density at radius 1 is 1.29 bits per heavy atom. The third-order valence-corrected chi connectivity index (χ3v) is 2.54. The largest absolute Gasteiger partial charge is 0.493 e. The van der Waals surface area contributed by atoms with Gasteiger partial charge in [-0.2, -0.15) is 0 Å². The molecule has 3 heteroatoms. The summed E-state index contributed by atoms with van der Waals surface area (Å²) in [4.78, 5) is 10.9. The van der Waals surface area contributed by atoms with E-state index in [9.17, 15) is 4.79 Å². The molecule has 0 aliphatic carbocycles. The van der Waals surface area contributed by atoms with Crippen LogP contribution >= 0.6 is 0 Å². The number of carbonyl (C=O) groups excluding carboxylic acids is 1. The summed E-state index contributed by atoms with van der Waals surface area (Å²) < 4.78 is 10.1. The van der Waals surface area contributed by atoms with Crippen LogP contribution < -0.4 is 4.74 Å². The van der Waals surface area contributed by atoms with Gasteiger partial charge in [-0.3, -0.25) is 4.79 Å². The molecule has 0 radical (unpaired) electrons. The molecule has 0 amide bonds. The Balaban J connectivity index is 2.62. The summed E-state index contributed by atoms with van der Waals surface area (Å²) in [5.74, 6) is 1.04. The third kappa shape index (κ3) is 4.47. The maximum atomic E-state index is 10.9. The lowest BCUT2D eigenvalue weighted by Crippen LogP contribution is -2.07. The molecule has 0 bridgehead atoms. The average Bonchev–Trinajstić information content (AvgIpc) is 2.28. The molecular formula is C14H20O3. The fourth-order valence-corrected chi connectivity index (χ4v) is 1.55. The Labute approximate surface area is 103 Å². The highest BCUT2D eigenvalue weighted by Gasteiger charge is 2.05. The lowest BCUT2D eigenvalue weighted by molar-refractivity contribution is -0.141. The smallest absolute Gasteiger partial charge is 0.308 e. The summed E-state index contributed by atoms with van der Waals surface area (Å²) in [7, 11) is 1.38. The number of carbonyl (C=O) groups is 1. The van der Waals surface area contributed by atoms with Crippen LogP contribution in [-0.4, -0.2) is 19.7 Å². The van der Waals surface area contributed by atoms with E-state index < -0.39 is 0 Å². The second kappa shape index (κ2) is 6.28. The number of hydrogen-bond donors (Lipinski definition) is 0. The van der Waals surface area contributed by atoms with Gasteiger partial charge >= 0.3 is 5.97 Å². The topological polar surface area (TPSA) is 35.5 Å². The second-order valence-electron chi connectivity index (χ2n) is 4.41. The van der Waals surface area contributed by atoms with Crippen molar-refractivity contribution in [3.63, 3.8) is 0 Å². The molecule has 1 rings (SSSR count). The average molecular weight is 236 g/mol. The Hall–Kier alpha value is -1.51. The minimum atomic E-state index is -0.248. The van der Waals surface area contributed by atoms with Gasteiger partial charge in [0.05, 0.1) is 20.1 Å². The van der Waals surface area contributed by atoms with Crippen molar-refractivity contribution in [2.75, 3.05) is 13.7 Å². The lowest BCUT2D eigenvalue weighted by atomic mass is 10.0. The summed E-state index contributed by atoms with van der Waals surface area (Å²) in [5, 5.41) is 0. The minimum Gasteiger partial charge on any atom is -0.493 e. The van der Waals surface area contributed by atoms with Gasteiger partial charge in [0.25, 0.3) is 0 Å². The normalized spacial score (nSPS) is 10.4. The number of rotatable bonds is 5. The maximum absolute atomic E-state index is 10.9. The quantitative estimate of drug-likeness (QED) is 0.737. The van der Waals surface area contributed by atoms with Crippen molar-refractivity contribution < 1.29 is 14.3 Å². The highest BCUT2D eigenvalue weighted by atomic mass is 16.5. The van der Waals surface area contributed by atoms with Crippen molar-refractivity contribution in [2.24, 2.45) is 0 Å². The fourth-order valence-electron chi connectivity index (χ4n) is 1.55. The molecule has 0 fully saturated rings. The molecule has 0 aliphatic rings. The molecular weight excluding hydrogens is 216 g/mol. The van der Waals surface area contributed by atoms with Crippen LogP contribution in [0.25, 0.3) is 0 Å². The van der Waals surface area contributed by atoms with Gasteiger partial charge in [-0.15, -0.1) is 0 Å². The van der Waals surface area contributed by atoms with Crippen LogP contribution in [-0.2, 0) is 9.53 Å². The van der Waals surface area contributed by atoms with Crippen molar-refractivity contribution in [1.29, 1.82) is 0 Å². The molecule has 0 unspecified atom stereocenters. The number of esters is 1. The molecule has 0 atom stereocenters. The van der Waals surface area contributed by atoms with Crippen LogP contribution in [0.1, 0.15) is 37.3 Å². The van der Waals surface area contributed by atoms with Crippen LogP contribution in [0.4, 0.5) is 0 Å². The number of methoxy groups -OCH3 is 1. The van der Waals surface area contributed by atoms with Gasteiger partial charge in [-0.05, 0) is 36.1 Å². The number of aryl methyl sites for hydroxylation is 1. The SMILES string of the molecule is COC(=O)CCOc1cc(C)cc(C(C)C)c1. The molecule has 3 nitrogen and oxygen atoms in total. The molecule has 1 aromatic carbocycles. The van der Waals surface area contributed by atoms with Gasteiger partial charge in [0.2, 0.25) is 0 Å². The lowest BCUT2D eigenvalue weighted by Gasteiger charge is -2.11. The number of hydrogen-bond acceptors (Lipinski definition) is 3. The standard InChI is InChI=1S/C14H20O3/c1-10(2)12-7-11(3)8-13(9-12)17-6-5-14(15)16-4/h7-10H,5-6H2,1-4H3. The van der Waals surface area contributed by atoms with E-state index >= 15 is 0 Å². The predicted octanol–water partition coefficient (Wildman–Crippen LogP) is 3.06.